The molecule has 5 nitrogen and oxygen atoms in total. The highest BCUT2D eigenvalue weighted by Gasteiger charge is 2.13. The molecule has 1 aromatic carbocycles. The lowest BCUT2D eigenvalue weighted by molar-refractivity contribution is 0.251. The maximum Gasteiger partial charge on any atom is 0.284 e. The SMILES string of the molecule is CNS(=O)(=O)c1ccc(C(C)NCc2ccc(CSC(F)F)o2)cc1. The number of sulfonamides is 1. The van der Waals surface area contributed by atoms with E-state index in [4.69, 9.17) is 4.42 Å². The topological polar surface area (TPSA) is 71.3 Å². The highest BCUT2D eigenvalue weighted by molar-refractivity contribution is 7.98. The maximum atomic E-state index is 12.2. The van der Waals surface area contributed by atoms with Crippen LogP contribution in [0.2, 0.25) is 0 Å². The van der Waals surface area contributed by atoms with E-state index in [1.807, 2.05) is 6.92 Å². The second kappa shape index (κ2) is 8.79. The Hall–Kier alpha value is -1.42. The number of rotatable bonds is 9. The van der Waals surface area contributed by atoms with E-state index < -0.39 is 15.8 Å². The average molecular weight is 390 g/mol. The molecule has 0 aliphatic carbocycles. The van der Waals surface area contributed by atoms with E-state index in [-0.39, 0.29) is 16.7 Å². The molecule has 0 saturated heterocycles. The van der Waals surface area contributed by atoms with Crippen LogP contribution in [0.4, 0.5) is 8.78 Å². The van der Waals surface area contributed by atoms with Crippen LogP contribution in [0, 0.1) is 0 Å². The van der Waals surface area contributed by atoms with Crippen LogP contribution in [0.3, 0.4) is 0 Å². The van der Waals surface area contributed by atoms with E-state index >= 15 is 0 Å². The largest absolute Gasteiger partial charge is 0.464 e. The molecule has 0 radical (unpaired) electrons. The lowest BCUT2D eigenvalue weighted by atomic mass is 10.1. The molecule has 9 heteroatoms. The number of benzene rings is 1. The summed E-state index contributed by atoms with van der Waals surface area (Å²) in [7, 11) is -2.08. The number of nitrogens with one attached hydrogen (secondary N) is 2. The monoisotopic (exact) mass is 390 g/mol. The van der Waals surface area contributed by atoms with Crippen LogP contribution in [0.25, 0.3) is 0 Å². The number of furan rings is 1. The van der Waals surface area contributed by atoms with Gasteiger partial charge in [0.05, 0.1) is 17.2 Å². The molecule has 0 aliphatic heterocycles. The Balaban J connectivity index is 1.91. The van der Waals surface area contributed by atoms with Crippen molar-refractivity contribution in [3.63, 3.8) is 0 Å². The van der Waals surface area contributed by atoms with Gasteiger partial charge in [-0.25, -0.2) is 13.1 Å². The first-order valence-corrected chi connectivity index (χ1v) is 10.1. The Morgan fingerprint density at radius 1 is 1.12 bits per heavy atom. The highest BCUT2D eigenvalue weighted by atomic mass is 32.2. The van der Waals surface area contributed by atoms with Crippen molar-refractivity contribution in [1.29, 1.82) is 0 Å². The fourth-order valence-electron chi connectivity index (χ4n) is 2.17. The minimum atomic E-state index is -3.45. The fourth-order valence-corrected chi connectivity index (χ4v) is 3.34. The van der Waals surface area contributed by atoms with E-state index in [0.29, 0.717) is 29.8 Å². The van der Waals surface area contributed by atoms with Crippen molar-refractivity contribution >= 4 is 21.8 Å². The quantitative estimate of drug-likeness (QED) is 0.686. The third-order valence-corrected chi connectivity index (χ3v) is 5.74. The van der Waals surface area contributed by atoms with E-state index in [1.54, 1.807) is 36.4 Å². The number of hydrogen-bond acceptors (Lipinski definition) is 5. The molecule has 2 aromatic rings. The predicted molar refractivity (Wildman–Crippen MR) is 93.9 cm³/mol. The Bertz CT molecular complexity index is 777. The summed E-state index contributed by atoms with van der Waals surface area (Å²) < 4.78 is 55.5. The number of hydrogen-bond donors (Lipinski definition) is 2. The highest BCUT2D eigenvalue weighted by Crippen LogP contribution is 2.22. The summed E-state index contributed by atoms with van der Waals surface area (Å²) in [5.41, 5.74) is 0.926. The molecule has 2 rings (SSSR count). The van der Waals surface area contributed by atoms with Crippen molar-refractivity contribution in [2.24, 2.45) is 0 Å². The molecule has 0 aliphatic rings. The first-order valence-electron chi connectivity index (χ1n) is 7.56. The summed E-state index contributed by atoms with van der Waals surface area (Å²) in [6.07, 6.45) is 0. The van der Waals surface area contributed by atoms with Gasteiger partial charge in [-0.05, 0) is 43.8 Å². The van der Waals surface area contributed by atoms with Crippen LogP contribution < -0.4 is 10.0 Å². The van der Waals surface area contributed by atoms with Crippen LogP contribution in [0.15, 0.2) is 45.7 Å². The zero-order chi connectivity index (χ0) is 18.4. The zero-order valence-corrected chi connectivity index (χ0v) is 15.5. The zero-order valence-electron chi connectivity index (χ0n) is 13.8. The lowest BCUT2D eigenvalue weighted by Gasteiger charge is -2.14. The van der Waals surface area contributed by atoms with Gasteiger partial charge in [-0.15, -0.1) is 0 Å². The van der Waals surface area contributed by atoms with Crippen molar-refractivity contribution in [3.05, 3.63) is 53.5 Å². The Kier molecular flexibility index (Phi) is 7.00. The third kappa shape index (κ3) is 5.81. The number of halogens is 2. The van der Waals surface area contributed by atoms with Gasteiger partial charge in [0.25, 0.3) is 5.76 Å². The van der Waals surface area contributed by atoms with Crippen LogP contribution >= 0.6 is 11.8 Å². The van der Waals surface area contributed by atoms with Gasteiger partial charge in [0.2, 0.25) is 10.0 Å². The van der Waals surface area contributed by atoms with Gasteiger partial charge in [-0.1, -0.05) is 23.9 Å². The van der Waals surface area contributed by atoms with Crippen molar-refractivity contribution < 1.29 is 21.6 Å². The molecule has 0 saturated carbocycles. The molecule has 0 amide bonds. The van der Waals surface area contributed by atoms with Gasteiger partial charge in [-0.2, -0.15) is 8.78 Å². The van der Waals surface area contributed by atoms with Gasteiger partial charge in [0.15, 0.2) is 0 Å². The van der Waals surface area contributed by atoms with Gasteiger partial charge in [0, 0.05) is 6.04 Å². The van der Waals surface area contributed by atoms with Crippen LogP contribution in [-0.4, -0.2) is 21.2 Å². The van der Waals surface area contributed by atoms with Crippen molar-refractivity contribution in [3.8, 4) is 0 Å². The van der Waals surface area contributed by atoms with E-state index in [9.17, 15) is 17.2 Å². The van der Waals surface area contributed by atoms with Crippen LogP contribution in [0.1, 0.15) is 30.0 Å². The van der Waals surface area contributed by atoms with Gasteiger partial charge >= 0.3 is 0 Å². The standard InChI is InChI=1S/C16H20F2N2O3S2/c1-11(12-3-7-15(8-4-12)25(21,22)19-2)20-9-13-5-6-14(23-13)10-24-16(17)18/h3-8,11,16,19-20H,9-10H2,1-2H3. The summed E-state index contributed by atoms with van der Waals surface area (Å²) in [5.74, 6) is -1.11. The second-order valence-corrected chi connectivity index (χ2v) is 8.18. The molecular weight excluding hydrogens is 370 g/mol. The molecular formula is C16H20F2N2O3S2. The summed E-state index contributed by atoms with van der Waals surface area (Å²) in [4.78, 5) is 0.207. The molecule has 0 bridgehead atoms. The molecule has 2 N–H and O–H groups in total. The lowest BCUT2D eigenvalue weighted by Crippen LogP contribution is -2.20. The fraction of sp³-hybridized carbons (Fsp3) is 0.375. The average Bonchev–Trinajstić information content (AvgIpc) is 3.06. The van der Waals surface area contributed by atoms with Crippen molar-refractivity contribution in [2.75, 3.05) is 7.05 Å². The second-order valence-electron chi connectivity index (χ2n) is 5.32. The predicted octanol–water partition coefficient (Wildman–Crippen LogP) is 3.49. The molecule has 0 spiro atoms. The van der Waals surface area contributed by atoms with Crippen LogP contribution in [0.5, 0.6) is 0 Å². The summed E-state index contributed by atoms with van der Waals surface area (Å²) in [6.45, 7) is 2.38. The third-order valence-electron chi connectivity index (χ3n) is 3.61. The minimum absolute atomic E-state index is 0.0321. The molecule has 1 heterocycles. The first-order chi connectivity index (χ1) is 11.8. The van der Waals surface area contributed by atoms with E-state index in [2.05, 4.69) is 10.0 Å². The molecule has 0 fully saturated rings. The van der Waals surface area contributed by atoms with Crippen LogP contribution in [-0.2, 0) is 22.3 Å². The number of alkyl halides is 2. The van der Waals surface area contributed by atoms with E-state index in [1.165, 1.54) is 7.05 Å². The smallest absolute Gasteiger partial charge is 0.284 e. The number of thioether (sulfide) groups is 1. The normalized spacial score (nSPS) is 13.3. The molecule has 1 atom stereocenters. The Labute approximate surface area is 150 Å². The molecule has 1 unspecified atom stereocenters. The molecule has 138 valence electrons. The molecule has 25 heavy (non-hydrogen) atoms. The minimum Gasteiger partial charge on any atom is -0.464 e. The van der Waals surface area contributed by atoms with Crippen molar-refractivity contribution in [1.82, 2.24) is 10.0 Å². The molecule has 1 aromatic heterocycles. The van der Waals surface area contributed by atoms with Gasteiger partial charge < -0.3 is 9.73 Å². The van der Waals surface area contributed by atoms with Gasteiger partial charge in [-0.3, -0.25) is 0 Å². The summed E-state index contributed by atoms with van der Waals surface area (Å²) >= 11 is 0.522. The van der Waals surface area contributed by atoms with E-state index in [0.717, 1.165) is 5.56 Å². The van der Waals surface area contributed by atoms with Crippen molar-refractivity contribution in [2.45, 2.75) is 35.9 Å². The summed E-state index contributed by atoms with van der Waals surface area (Å²) in [6, 6.07) is 10.00. The summed E-state index contributed by atoms with van der Waals surface area (Å²) in [5, 5.41) is 3.25. The van der Waals surface area contributed by atoms with Gasteiger partial charge in [0.1, 0.15) is 11.5 Å². The Morgan fingerprint density at radius 2 is 1.76 bits per heavy atom. The maximum absolute atomic E-state index is 12.2. The first kappa shape index (κ1) is 19.9. The Morgan fingerprint density at radius 3 is 2.36 bits per heavy atom.